The first-order valence-corrected chi connectivity index (χ1v) is 25.6. The van der Waals surface area contributed by atoms with Crippen LogP contribution in [0.15, 0.2) is 78.9 Å². The van der Waals surface area contributed by atoms with Crippen LogP contribution in [0.5, 0.6) is 0 Å². The summed E-state index contributed by atoms with van der Waals surface area (Å²) in [7, 11) is -0.366. The van der Waals surface area contributed by atoms with E-state index >= 15 is 0 Å². The van der Waals surface area contributed by atoms with E-state index in [9.17, 15) is 33.6 Å². The van der Waals surface area contributed by atoms with E-state index in [4.69, 9.17) is 20.6 Å². The Hall–Kier alpha value is -6.47. The van der Waals surface area contributed by atoms with Gasteiger partial charge < -0.3 is 40.8 Å². The van der Waals surface area contributed by atoms with Crippen molar-refractivity contribution >= 4 is 57.0 Å². The number of benzene rings is 3. The highest BCUT2D eigenvalue weighted by atomic mass is 32.2. The van der Waals surface area contributed by atoms with Gasteiger partial charge >= 0.3 is 18.2 Å². The van der Waals surface area contributed by atoms with Crippen LogP contribution in [0.3, 0.4) is 0 Å². The lowest BCUT2D eigenvalue weighted by Crippen LogP contribution is -2.58. The molecule has 0 saturated carbocycles. The van der Waals surface area contributed by atoms with Crippen molar-refractivity contribution in [2.45, 2.75) is 141 Å². The number of rotatable bonds is 21. The molecule has 376 valence electrons. The SMILES string of the molecule is C#CC(C(=O)[C@H](C)NC(=O)[C@H](Cc1ccccc1)NC(=O)[C@H](CCC(=O)OC(C)(C)C)NC(=O)[C@H](CCCCNC(=O)OC(C)(C)C)NC(=O)OCC1c2ccccc2-c2ccccc21)=S1CCCC1. The highest BCUT2D eigenvalue weighted by Crippen LogP contribution is 2.44. The zero-order valence-corrected chi connectivity index (χ0v) is 42.3. The van der Waals surface area contributed by atoms with E-state index in [0.29, 0.717) is 23.3 Å². The van der Waals surface area contributed by atoms with Crippen LogP contribution in [0.25, 0.3) is 11.1 Å². The zero-order valence-electron chi connectivity index (χ0n) is 41.4. The summed E-state index contributed by atoms with van der Waals surface area (Å²) >= 11 is 0. The van der Waals surface area contributed by atoms with Gasteiger partial charge in [-0.1, -0.05) is 84.8 Å². The molecule has 4 atom stereocenters. The fourth-order valence-electron chi connectivity index (χ4n) is 8.29. The topological polar surface area (TPSA) is 207 Å². The van der Waals surface area contributed by atoms with Crippen LogP contribution in [0.2, 0.25) is 0 Å². The minimum atomic E-state index is -1.41. The molecule has 5 N–H and O–H groups in total. The average molecular weight is 980 g/mol. The Balaban J connectivity index is 1.36. The number of Topliss-reactive ketones (excluding diaryl/α,β-unsaturated/α-hetero) is 1. The second-order valence-electron chi connectivity index (χ2n) is 19.6. The Morgan fingerprint density at radius 1 is 0.671 bits per heavy atom. The molecule has 3 aromatic carbocycles. The number of ketones is 1. The number of carbonyl (C=O) groups excluding carboxylic acids is 7. The number of carbonyl (C=O) groups is 7. The summed E-state index contributed by atoms with van der Waals surface area (Å²) < 4.78 is 16.7. The zero-order chi connectivity index (χ0) is 51.0. The van der Waals surface area contributed by atoms with Crippen LogP contribution < -0.4 is 26.6 Å². The lowest BCUT2D eigenvalue weighted by Gasteiger charge is -2.26. The molecule has 5 amide bonds. The number of esters is 1. The predicted octanol–water partition coefficient (Wildman–Crippen LogP) is 6.87. The third-order valence-electron chi connectivity index (χ3n) is 11.6. The summed E-state index contributed by atoms with van der Waals surface area (Å²) in [6.07, 6.45) is 6.58. The fourth-order valence-corrected chi connectivity index (χ4v) is 10.6. The van der Waals surface area contributed by atoms with E-state index in [1.54, 1.807) is 72.7 Å². The summed E-state index contributed by atoms with van der Waals surface area (Å²) in [5, 5.41) is 13.7. The maximum absolute atomic E-state index is 14.5. The van der Waals surface area contributed by atoms with Crippen LogP contribution in [0.1, 0.15) is 116 Å². The van der Waals surface area contributed by atoms with Gasteiger partial charge in [-0.25, -0.2) is 9.59 Å². The van der Waals surface area contributed by atoms with Crippen LogP contribution in [-0.4, -0.2) is 107 Å². The maximum Gasteiger partial charge on any atom is 0.407 e. The molecule has 0 aromatic heterocycles. The second-order valence-corrected chi connectivity index (χ2v) is 21.8. The second kappa shape index (κ2) is 25.4. The number of hydrogen-bond acceptors (Lipinski definition) is 10. The number of terminal acetylenes is 1. The van der Waals surface area contributed by atoms with Crippen molar-refractivity contribution in [2.24, 2.45) is 0 Å². The minimum absolute atomic E-state index is 0.0193. The number of amides is 5. The first-order valence-electron chi connectivity index (χ1n) is 24.0. The number of unbranched alkanes of at least 4 members (excludes halogenated alkanes) is 1. The summed E-state index contributed by atoms with van der Waals surface area (Å²) in [5.74, 6) is 0.772. The Labute approximate surface area is 414 Å². The van der Waals surface area contributed by atoms with Gasteiger partial charge in [0.1, 0.15) is 35.9 Å². The van der Waals surface area contributed by atoms with E-state index in [0.717, 1.165) is 46.6 Å². The summed E-state index contributed by atoms with van der Waals surface area (Å²) in [5.41, 5.74) is 3.26. The molecule has 0 unspecified atom stereocenters. The molecule has 3 aromatic rings. The molecule has 1 saturated heterocycles. The van der Waals surface area contributed by atoms with E-state index in [1.807, 2.05) is 54.6 Å². The Morgan fingerprint density at radius 3 is 1.80 bits per heavy atom. The maximum atomic E-state index is 14.5. The smallest absolute Gasteiger partial charge is 0.407 e. The van der Waals surface area contributed by atoms with E-state index in [2.05, 4.69) is 32.5 Å². The first-order chi connectivity index (χ1) is 33.2. The molecule has 0 bridgehead atoms. The standard InChI is InChI=1S/C54H69N5O10S/c1-9-45(70-31-19-20-32-70)47(61)35(2)56-50(64)44(33-36-21-11-10-12-22-36)58-49(63)43(28-29-46(60)68-53(3,4)5)57-48(62)42(27-17-18-30-55-51(65)69-54(6,7)8)59-52(66)67-34-41-39-25-15-13-23-37(39)38-24-14-16-26-40(38)41/h1,10-16,21-26,35,41-44H,17-20,27-34H2,2-8H3,(H,55,65)(H,56,64)(H,57,62)(H,58,63)(H,59,66)/t35-,42-,43-,44-/m0/s1. The van der Waals surface area contributed by atoms with Gasteiger partial charge in [0.05, 0.1) is 10.9 Å². The quantitative estimate of drug-likeness (QED) is 0.0246. The molecule has 15 nitrogen and oxygen atoms in total. The largest absolute Gasteiger partial charge is 0.460 e. The van der Waals surface area contributed by atoms with Gasteiger partial charge in [-0.2, -0.15) is 10.5 Å². The van der Waals surface area contributed by atoms with Crippen molar-refractivity contribution in [3.8, 4) is 23.5 Å². The molecule has 1 heterocycles. The van der Waals surface area contributed by atoms with E-state index in [1.165, 1.54) is 0 Å². The van der Waals surface area contributed by atoms with E-state index in [-0.39, 0.29) is 61.0 Å². The molecular weight excluding hydrogens is 911 g/mol. The van der Waals surface area contributed by atoms with Crippen molar-refractivity contribution in [1.82, 2.24) is 26.6 Å². The number of nitrogens with one attached hydrogen (secondary N) is 5. The molecular formula is C54H69N5O10S. The minimum Gasteiger partial charge on any atom is -0.460 e. The van der Waals surface area contributed by atoms with Crippen molar-refractivity contribution in [3.05, 3.63) is 95.6 Å². The number of alkyl carbamates (subject to hydrolysis) is 2. The van der Waals surface area contributed by atoms with Crippen LogP contribution in [0, 0.1) is 12.3 Å². The highest BCUT2D eigenvalue weighted by molar-refractivity contribution is 8.17. The van der Waals surface area contributed by atoms with Crippen molar-refractivity contribution in [1.29, 1.82) is 0 Å². The van der Waals surface area contributed by atoms with Gasteiger partial charge in [0.25, 0.3) is 0 Å². The third-order valence-corrected chi connectivity index (χ3v) is 14.0. The van der Waals surface area contributed by atoms with Crippen molar-refractivity contribution < 1.29 is 47.8 Å². The first kappa shape index (κ1) is 54.5. The van der Waals surface area contributed by atoms with Gasteiger partial charge in [0, 0.05) is 25.3 Å². The number of fused-ring (bicyclic) bond motifs is 3. The van der Waals surface area contributed by atoms with Crippen molar-refractivity contribution in [3.63, 3.8) is 0 Å². The van der Waals surface area contributed by atoms with Gasteiger partial charge in [-0.3, -0.25) is 24.0 Å². The molecule has 1 fully saturated rings. The van der Waals surface area contributed by atoms with Crippen molar-refractivity contribution in [2.75, 3.05) is 24.7 Å². The molecule has 5 rings (SSSR count). The lowest BCUT2D eigenvalue weighted by atomic mass is 9.98. The molecule has 0 radical (unpaired) electrons. The predicted molar refractivity (Wildman–Crippen MR) is 272 cm³/mol. The van der Waals surface area contributed by atoms with Gasteiger partial charge in [0.15, 0.2) is 5.78 Å². The summed E-state index contributed by atoms with van der Waals surface area (Å²) in [4.78, 5) is 96.0. The van der Waals surface area contributed by atoms with Gasteiger partial charge in [0.2, 0.25) is 17.7 Å². The molecule has 1 aliphatic carbocycles. The molecule has 16 heteroatoms. The third kappa shape index (κ3) is 16.6. The van der Waals surface area contributed by atoms with Gasteiger partial charge in [-0.15, -0.1) is 6.42 Å². The monoisotopic (exact) mass is 979 g/mol. The molecule has 1 aliphatic heterocycles. The summed E-state index contributed by atoms with van der Waals surface area (Å²) in [6.45, 7) is 12.1. The van der Waals surface area contributed by atoms with Crippen LogP contribution >= 0.6 is 10.5 Å². The normalized spacial score (nSPS) is 15.1. The number of hydrogen-bond donors (Lipinski definition) is 5. The number of ether oxygens (including phenoxy) is 3. The average Bonchev–Trinajstić information content (AvgIpc) is 3.95. The fraction of sp³-hybridized carbons (Fsp3) is 0.481. The van der Waals surface area contributed by atoms with Gasteiger partial charge in [-0.05, 0) is 126 Å². The Bertz CT molecular complexity index is 2380. The molecule has 70 heavy (non-hydrogen) atoms. The van der Waals surface area contributed by atoms with Crippen LogP contribution in [-0.2, 0) is 44.6 Å². The van der Waals surface area contributed by atoms with E-state index < -0.39 is 71.2 Å². The molecule has 2 aliphatic rings. The Morgan fingerprint density at radius 2 is 1.21 bits per heavy atom. The lowest BCUT2D eigenvalue weighted by molar-refractivity contribution is -0.155. The summed E-state index contributed by atoms with van der Waals surface area (Å²) in [6, 6.07) is 19.9. The highest BCUT2D eigenvalue weighted by Gasteiger charge is 2.34. The van der Waals surface area contributed by atoms with Crippen LogP contribution in [0.4, 0.5) is 9.59 Å². The molecule has 0 spiro atoms. The Kier molecular flexibility index (Phi) is 19.8.